The van der Waals surface area contributed by atoms with Crippen molar-refractivity contribution >= 4 is 175 Å². The molecule has 0 aliphatic carbocycles. The number of rotatable bonds is 3. The van der Waals surface area contributed by atoms with Crippen LogP contribution in [0.5, 0.6) is 0 Å². The maximum absolute atomic E-state index is 3.83. The first-order valence-electron chi connectivity index (χ1n) is 5.16. The maximum Gasteiger partial charge on any atom is 0.155 e. The Morgan fingerprint density at radius 2 is 1.14 bits per heavy atom. The Hall–Kier alpha value is 4.50. The Morgan fingerprint density at radius 3 is 1.45 bits per heavy atom. The van der Waals surface area contributed by atoms with Gasteiger partial charge in [-0.2, -0.15) is 0 Å². The molecule has 0 N–H and O–H groups in total. The van der Waals surface area contributed by atoms with Crippen molar-refractivity contribution in [1.82, 2.24) is 0 Å². The fourth-order valence-corrected chi connectivity index (χ4v) is 14.2. The van der Waals surface area contributed by atoms with Gasteiger partial charge < -0.3 is 0 Å². The summed E-state index contributed by atoms with van der Waals surface area (Å²) in [6.07, 6.45) is 0. The molecule has 125 valence electrons. The van der Waals surface area contributed by atoms with Gasteiger partial charge in [-0.15, -0.1) is 0 Å². The van der Waals surface area contributed by atoms with Crippen molar-refractivity contribution in [3.05, 3.63) is 35.9 Å². The molecule has 1 rings (SSSR count). The molecule has 0 unspecified atom stereocenters. The Balaban J connectivity index is 3.60. The third-order valence-corrected chi connectivity index (χ3v) is 18.8. The van der Waals surface area contributed by atoms with Gasteiger partial charge >= 0.3 is 0 Å². The molecule has 0 heterocycles. The van der Waals surface area contributed by atoms with E-state index in [0.717, 1.165) is 5.56 Å². The van der Waals surface area contributed by atoms with Crippen LogP contribution in [0.3, 0.4) is 0 Å². The molecule has 11 heteroatoms. The predicted molar refractivity (Wildman–Crippen MR) is 136 cm³/mol. The van der Waals surface area contributed by atoms with Crippen molar-refractivity contribution in [2.75, 3.05) is 0 Å². The van der Waals surface area contributed by atoms with Crippen LogP contribution in [-0.4, -0.2) is 11.8 Å². The van der Waals surface area contributed by atoms with E-state index in [2.05, 4.69) is 181 Å². The van der Waals surface area contributed by atoms with Crippen LogP contribution in [0, 0.1) is 6.07 Å². The summed E-state index contributed by atoms with van der Waals surface area (Å²) >= 11 is 40.7. The molecule has 1 aromatic rings. The molecule has 0 saturated carbocycles. The van der Waals surface area contributed by atoms with Gasteiger partial charge in [0, 0.05) is 0 Å². The molecular weight excluding hydrogens is 1010 g/mol. The van der Waals surface area contributed by atoms with Gasteiger partial charge in [-0.05, 0) is 11.6 Å². The second-order valence-electron chi connectivity index (χ2n) is 4.08. The average molecular weight is 1020 g/mol. The van der Waals surface area contributed by atoms with Gasteiger partial charge in [-0.3, -0.25) is 0 Å². The highest BCUT2D eigenvalue weighted by molar-refractivity contribution is 9.42. The molecule has 0 aliphatic heterocycles. The number of hydrogen-bond acceptors (Lipinski definition) is 0. The normalized spacial score (nSPS) is 15.0. The van der Waals surface area contributed by atoms with E-state index in [1.807, 2.05) is 24.3 Å². The molecule has 0 fully saturated rings. The molecule has 0 aliphatic rings. The van der Waals surface area contributed by atoms with Gasteiger partial charge in [0.15, 0.2) is 4.29 Å². The van der Waals surface area contributed by atoms with Crippen molar-refractivity contribution < 1.29 is 0 Å². The average Bonchev–Trinajstić information content (AvgIpc) is 2.35. The summed E-state index contributed by atoms with van der Waals surface area (Å²) in [6.45, 7) is 0. The molecule has 1 radical (unpaired) electrons. The zero-order valence-corrected chi connectivity index (χ0v) is 27.4. The first-order chi connectivity index (χ1) is 9.61. The molecule has 0 aromatic heterocycles. The molecule has 1 aromatic carbocycles. The van der Waals surface area contributed by atoms with Gasteiger partial charge in [0.2, 0.25) is 0 Å². The summed E-state index contributed by atoms with van der Waals surface area (Å²) < 4.78 is -3.85. The summed E-state index contributed by atoms with van der Waals surface area (Å²) in [5.41, 5.74) is 0.890. The second-order valence-corrected chi connectivity index (χ2v) is 25.7. The monoisotopic (exact) mass is 1000 g/mol. The summed E-state index contributed by atoms with van der Waals surface area (Å²) in [4.78, 5) is 0. The van der Waals surface area contributed by atoms with Crippen molar-refractivity contribution in [1.29, 1.82) is 0 Å². The van der Waals surface area contributed by atoms with Gasteiger partial charge in [-0.25, -0.2) is 0 Å². The van der Waals surface area contributed by atoms with E-state index in [4.69, 9.17) is 0 Å². The lowest BCUT2D eigenvalue weighted by Crippen LogP contribution is -2.62. The predicted octanol–water partition coefficient (Wildman–Crippen LogP) is 9.73. The summed E-state index contributed by atoms with van der Waals surface area (Å²) in [5.74, 6) is 0. The second kappa shape index (κ2) is 8.47. The molecule has 0 amide bonds. The fourth-order valence-electron chi connectivity index (χ4n) is 1.49. The number of halogens is 11. The smallest absolute Gasteiger partial charge is 0.0758 e. The van der Waals surface area contributed by atoms with Gasteiger partial charge in [0.25, 0.3) is 0 Å². The van der Waals surface area contributed by atoms with E-state index in [0.29, 0.717) is 0 Å². The minimum atomic E-state index is -0.815. The lowest BCUT2D eigenvalue weighted by molar-refractivity contribution is 0.600. The van der Waals surface area contributed by atoms with E-state index in [1.54, 1.807) is 0 Å². The Labute approximate surface area is 222 Å². The van der Waals surface area contributed by atoms with E-state index in [9.17, 15) is 0 Å². The van der Waals surface area contributed by atoms with Gasteiger partial charge in [-0.1, -0.05) is 199 Å². The summed E-state index contributed by atoms with van der Waals surface area (Å²) in [6, 6.07) is 10.9. The summed E-state index contributed by atoms with van der Waals surface area (Å²) in [5, 5.41) is 0. The number of hydrogen-bond donors (Lipinski definition) is 0. The minimum Gasteiger partial charge on any atom is -0.0758 e. The van der Waals surface area contributed by atoms with Crippen LogP contribution in [0.2, 0.25) is 0 Å². The topological polar surface area (TPSA) is 0 Å². The molecule has 0 atom stereocenters. The van der Waals surface area contributed by atoms with Crippen LogP contribution < -0.4 is 0 Å². The van der Waals surface area contributed by atoms with Gasteiger partial charge in [0.1, 0.15) is 10.8 Å². The highest BCUT2D eigenvalue weighted by atomic mass is 80.0. The largest absolute Gasteiger partial charge is 0.155 e. The van der Waals surface area contributed by atoms with Crippen molar-refractivity contribution in [2.24, 2.45) is 0 Å². The van der Waals surface area contributed by atoms with Crippen LogP contribution >= 0.6 is 175 Å². The highest BCUT2D eigenvalue weighted by Gasteiger charge is 2.72. The third kappa shape index (κ3) is 4.56. The third-order valence-electron chi connectivity index (χ3n) is 2.66. The van der Waals surface area contributed by atoms with Crippen molar-refractivity contribution in [2.45, 2.75) is 15.1 Å². The van der Waals surface area contributed by atoms with Gasteiger partial charge in [0.05, 0.1) is 0 Å². The maximum atomic E-state index is 3.83. The molecule has 0 saturated heterocycles. The van der Waals surface area contributed by atoms with E-state index in [-0.39, 0.29) is 0 Å². The molecular formula is C11H4Br11. The van der Waals surface area contributed by atoms with E-state index < -0.39 is 15.1 Å². The zero-order valence-electron chi connectivity index (χ0n) is 9.97. The molecule has 0 bridgehead atoms. The first kappa shape index (κ1) is 24.5. The van der Waals surface area contributed by atoms with Crippen LogP contribution in [0.15, 0.2) is 24.3 Å². The quantitative estimate of drug-likeness (QED) is 0.265. The van der Waals surface area contributed by atoms with E-state index >= 15 is 0 Å². The van der Waals surface area contributed by atoms with Crippen LogP contribution in [-0.2, 0) is 3.23 Å². The fraction of sp³-hybridized carbons (Fsp3) is 0.455. The lowest BCUT2D eigenvalue weighted by atomic mass is 10.0. The summed E-state index contributed by atoms with van der Waals surface area (Å²) in [7, 11) is 0. The Bertz CT molecular complexity index is 497. The van der Waals surface area contributed by atoms with Crippen LogP contribution in [0.1, 0.15) is 5.56 Å². The van der Waals surface area contributed by atoms with E-state index in [1.165, 1.54) is 0 Å². The number of benzene rings is 1. The Morgan fingerprint density at radius 1 is 0.682 bits per heavy atom. The number of alkyl halides is 11. The van der Waals surface area contributed by atoms with Crippen LogP contribution in [0.25, 0.3) is 0 Å². The van der Waals surface area contributed by atoms with Crippen molar-refractivity contribution in [3.63, 3.8) is 0 Å². The molecule has 0 nitrogen and oxygen atoms in total. The SMILES string of the molecule is BrC(Br)(Br)C(Br)(C(Br)(Br)Br)C(Br)(Br)C(Br)(Br)c1[c]cccc1. The first-order valence-corrected chi connectivity index (χ1v) is 13.9. The lowest BCUT2D eigenvalue weighted by Gasteiger charge is -2.53. The Kier molecular flexibility index (Phi) is 9.45. The molecule has 22 heavy (non-hydrogen) atoms. The minimum absolute atomic E-state index is 0.737. The van der Waals surface area contributed by atoms with Crippen LogP contribution in [0.4, 0.5) is 0 Å². The highest BCUT2D eigenvalue weighted by Crippen LogP contribution is 2.74. The molecule has 0 spiro atoms. The standard InChI is InChI=1S/C11H4Br11/c12-7(13,6-4-2-1-3-5-6)9(15,16)8(14,10(17,18)19)11(20,21)22/h1-4H. The van der Waals surface area contributed by atoms with Crippen molar-refractivity contribution in [3.8, 4) is 0 Å². The zero-order chi connectivity index (χ0) is 17.6.